The predicted molar refractivity (Wildman–Crippen MR) is 47.5 cm³/mol. The van der Waals surface area contributed by atoms with E-state index in [0.717, 1.165) is 0 Å². The number of nitrogens with zero attached hydrogens (tertiary/aromatic N) is 1. The van der Waals surface area contributed by atoms with Crippen LogP contribution >= 0.6 is 0 Å². The minimum atomic E-state index is -1.62. The van der Waals surface area contributed by atoms with E-state index >= 15 is 0 Å². The van der Waals surface area contributed by atoms with Crippen molar-refractivity contribution in [2.45, 2.75) is 0 Å². The maximum absolute atomic E-state index is 10.7. The number of hydrogen-bond donors (Lipinski definition) is 2. The Labute approximate surface area is 79.3 Å². The molecule has 0 aliphatic carbocycles. The zero-order chi connectivity index (χ0) is 10.6. The summed E-state index contributed by atoms with van der Waals surface area (Å²) in [5, 5.41) is 17.5. The molecule has 5 heteroatoms. The standard InChI is InChI=1S/C9H7NO4/c11-7(5-8(12)9(13)14)6-3-1-2-4-10-6/h1-5,11H,(H,13,14)/b7-5-. The summed E-state index contributed by atoms with van der Waals surface area (Å²) in [5.41, 5.74) is 0.155. The minimum Gasteiger partial charge on any atom is -0.506 e. The molecule has 2 N–H and O–H groups in total. The van der Waals surface area contributed by atoms with Gasteiger partial charge in [-0.25, -0.2) is 4.79 Å². The van der Waals surface area contributed by atoms with E-state index in [1.165, 1.54) is 12.3 Å². The largest absolute Gasteiger partial charge is 0.506 e. The number of ketones is 1. The van der Waals surface area contributed by atoms with Gasteiger partial charge in [-0.05, 0) is 12.1 Å². The molecule has 14 heavy (non-hydrogen) atoms. The quantitative estimate of drug-likeness (QED) is 0.417. The maximum Gasteiger partial charge on any atom is 0.376 e. The van der Waals surface area contributed by atoms with Crippen LogP contribution in [-0.4, -0.2) is 26.9 Å². The van der Waals surface area contributed by atoms with Crippen molar-refractivity contribution in [2.24, 2.45) is 0 Å². The van der Waals surface area contributed by atoms with E-state index in [0.29, 0.717) is 6.08 Å². The molecule has 0 spiro atoms. The number of carbonyl (C=O) groups excluding carboxylic acids is 1. The summed E-state index contributed by atoms with van der Waals surface area (Å²) in [5.74, 6) is -3.27. The third kappa shape index (κ3) is 2.41. The second kappa shape index (κ2) is 4.18. The van der Waals surface area contributed by atoms with Gasteiger partial charge in [-0.15, -0.1) is 0 Å². The number of rotatable bonds is 3. The Morgan fingerprint density at radius 1 is 1.29 bits per heavy atom. The van der Waals surface area contributed by atoms with Crippen molar-refractivity contribution in [1.82, 2.24) is 4.98 Å². The monoisotopic (exact) mass is 193 g/mol. The number of carboxylic acid groups (broad SMARTS) is 1. The van der Waals surface area contributed by atoms with Crippen LogP contribution in [0.2, 0.25) is 0 Å². The van der Waals surface area contributed by atoms with E-state index in [1.54, 1.807) is 12.1 Å². The zero-order valence-electron chi connectivity index (χ0n) is 7.04. The van der Waals surface area contributed by atoms with Gasteiger partial charge in [0.1, 0.15) is 11.5 Å². The third-order valence-corrected chi connectivity index (χ3v) is 1.41. The van der Waals surface area contributed by atoms with Gasteiger partial charge in [-0.1, -0.05) is 6.07 Å². The lowest BCUT2D eigenvalue weighted by atomic mass is 10.2. The van der Waals surface area contributed by atoms with Gasteiger partial charge in [-0.2, -0.15) is 0 Å². The number of carboxylic acids is 1. The van der Waals surface area contributed by atoms with Crippen molar-refractivity contribution in [3.63, 3.8) is 0 Å². The summed E-state index contributed by atoms with van der Waals surface area (Å²) in [6, 6.07) is 4.70. The van der Waals surface area contributed by atoms with Gasteiger partial charge in [-0.3, -0.25) is 9.78 Å². The Hall–Kier alpha value is -2.17. The summed E-state index contributed by atoms with van der Waals surface area (Å²) >= 11 is 0. The van der Waals surface area contributed by atoms with Crippen LogP contribution in [-0.2, 0) is 9.59 Å². The van der Waals surface area contributed by atoms with Crippen LogP contribution in [0, 0.1) is 0 Å². The molecule has 0 fully saturated rings. The fourth-order valence-electron chi connectivity index (χ4n) is 0.774. The first-order valence-corrected chi connectivity index (χ1v) is 3.70. The molecular formula is C9H7NO4. The molecule has 0 aliphatic rings. The Morgan fingerprint density at radius 2 is 2.00 bits per heavy atom. The van der Waals surface area contributed by atoms with Crippen LogP contribution < -0.4 is 0 Å². The van der Waals surface area contributed by atoms with Crippen LogP contribution in [0.1, 0.15) is 5.69 Å². The normalized spacial score (nSPS) is 11.0. The van der Waals surface area contributed by atoms with Crippen molar-refractivity contribution in [3.8, 4) is 0 Å². The Morgan fingerprint density at radius 3 is 2.50 bits per heavy atom. The van der Waals surface area contributed by atoms with Crippen molar-refractivity contribution in [2.75, 3.05) is 0 Å². The number of hydrogen-bond acceptors (Lipinski definition) is 4. The van der Waals surface area contributed by atoms with E-state index in [2.05, 4.69) is 4.98 Å². The lowest BCUT2D eigenvalue weighted by Crippen LogP contribution is -2.09. The highest BCUT2D eigenvalue weighted by molar-refractivity contribution is 6.38. The highest BCUT2D eigenvalue weighted by atomic mass is 16.4. The highest BCUT2D eigenvalue weighted by Crippen LogP contribution is 2.06. The molecule has 0 radical (unpaired) electrons. The molecule has 0 atom stereocenters. The topological polar surface area (TPSA) is 87.5 Å². The molecule has 5 nitrogen and oxygen atoms in total. The molecule has 0 unspecified atom stereocenters. The summed E-state index contributed by atoms with van der Waals surface area (Å²) in [6.07, 6.45) is 2.04. The summed E-state index contributed by atoms with van der Waals surface area (Å²) in [7, 11) is 0. The summed E-state index contributed by atoms with van der Waals surface area (Å²) < 4.78 is 0. The molecular weight excluding hydrogens is 186 g/mol. The molecule has 0 aromatic carbocycles. The minimum absolute atomic E-state index is 0.155. The molecule has 0 amide bonds. The first kappa shape index (κ1) is 9.91. The smallest absolute Gasteiger partial charge is 0.376 e. The summed E-state index contributed by atoms with van der Waals surface area (Å²) in [6.45, 7) is 0. The molecule has 1 rings (SSSR count). The first-order valence-electron chi connectivity index (χ1n) is 3.70. The number of aromatic nitrogens is 1. The Bertz CT molecular complexity index is 383. The number of aliphatic carboxylic acids is 1. The van der Waals surface area contributed by atoms with Crippen LogP contribution in [0.25, 0.3) is 5.76 Å². The van der Waals surface area contributed by atoms with E-state index in [4.69, 9.17) is 5.11 Å². The average Bonchev–Trinajstić information content (AvgIpc) is 2.19. The number of carbonyl (C=O) groups is 2. The average molecular weight is 193 g/mol. The van der Waals surface area contributed by atoms with Crippen molar-refractivity contribution in [3.05, 3.63) is 36.2 Å². The van der Waals surface area contributed by atoms with Crippen LogP contribution in [0.3, 0.4) is 0 Å². The van der Waals surface area contributed by atoms with Crippen molar-refractivity contribution < 1.29 is 19.8 Å². The highest BCUT2D eigenvalue weighted by Gasteiger charge is 2.10. The number of pyridine rings is 1. The first-order chi connectivity index (χ1) is 6.61. The second-order valence-corrected chi connectivity index (χ2v) is 2.41. The molecule has 0 aliphatic heterocycles. The van der Waals surface area contributed by atoms with E-state index in [9.17, 15) is 14.7 Å². The lowest BCUT2D eigenvalue weighted by molar-refractivity contribution is -0.146. The van der Waals surface area contributed by atoms with Gasteiger partial charge in [0.25, 0.3) is 5.78 Å². The van der Waals surface area contributed by atoms with Gasteiger partial charge in [0.05, 0.1) is 0 Å². The molecule has 0 saturated heterocycles. The van der Waals surface area contributed by atoms with Crippen LogP contribution in [0.5, 0.6) is 0 Å². The maximum atomic E-state index is 10.7. The van der Waals surface area contributed by atoms with Gasteiger partial charge >= 0.3 is 5.97 Å². The second-order valence-electron chi connectivity index (χ2n) is 2.41. The van der Waals surface area contributed by atoms with Crippen LogP contribution in [0.4, 0.5) is 0 Å². The third-order valence-electron chi connectivity index (χ3n) is 1.41. The fourth-order valence-corrected chi connectivity index (χ4v) is 0.774. The lowest BCUT2D eigenvalue weighted by Gasteiger charge is -1.96. The van der Waals surface area contributed by atoms with Gasteiger partial charge in [0.15, 0.2) is 0 Å². The number of aliphatic hydroxyl groups is 1. The Kier molecular flexibility index (Phi) is 2.96. The van der Waals surface area contributed by atoms with Crippen molar-refractivity contribution in [1.29, 1.82) is 0 Å². The van der Waals surface area contributed by atoms with Crippen LogP contribution in [0.15, 0.2) is 30.5 Å². The molecule has 1 aromatic rings. The fraction of sp³-hybridized carbons (Fsp3) is 0. The molecule has 0 saturated carbocycles. The van der Waals surface area contributed by atoms with E-state index in [-0.39, 0.29) is 5.69 Å². The molecule has 1 heterocycles. The SMILES string of the molecule is O=C(O)C(=O)/C=C(\O)c1ccccn1. The molecule has 72 valence electrons. The van der Waals surface area contributed by atoms with Gasteiger partial charge in [0.2, 0.25) is 0 Å². The predicted octanol–water partition coefficient (Wildman–Crippen LogP) is 0.634. The van der Waals surface area contributed by atoms with Gasteiger partial charge < -0.3 is 10.2 Å². The summed E-state index contributed by atoms with van der Waals surface area (Å²) in [4.78, 5) is 24.5. The number of aliphatic hydroxyl groups excluding tert-OH is 1. The molecule has 0 bridgehead atoms. The van der Waals surface area contributed by atoms with E-state index < -0.39 is 17.5 Å². The van der Waals surface area contributed by atoms with Gasteiger partial charge in [0, 0.05) is 12.3 Å². The Balaban J connectivity index is 2.91. The zero-order valence-corrected chi connectivity index (χ0v) is 7.04. The molecule has 1 aromatic heterocycles. The van der Waals surface area contributed by atoms with Crippen molar-refractivity contribution >= 4 is 17.5 Å². The van der Waals surface area contributed by atoms with E-state index in [1.807, 2.05) is 0 Å².